The molecule has 1 unspecified atom stereocenters. The summed E-state index contributed by atoms with van der Waals surface area (Å²) in [6, 6.07) is 5.95. The quantitative estimate of drug-likeness (QED) is 0.0589. The van der Waals surface area contributed by atoms with Crippen molar-refractivity contribution < 1.29 is 60.9 Å². The van der Waals surface area contributed by atoms with E-state index < -0.39 is 24.1 Å². The van der Waals surface area contributed by atoms with E-state index in [1.807, 2.05) is 6.92 Å². The summed E-state index contributed by atoms with van der Waals surface area (Å²) < 4.78 is 50.9. The van der Waals surface area contributed by atoms with Crippen molar-refractivity contribution in [2.75, 3.05) is 26.2 Å². The number of benzene rings is 1. The van der Waals surface area contributed by atoms with Crippen molar-refractivity contribution in [3.8, 4) is 0 Å². The molecule has 0 fully saturated rings. The minimum absolute atomic E-state index is 0. The van der Waals surface area contributed by atoms with Gasteiger partial charge in [-0.15, -0.1) is 0 Å². The monoisotopic (exact) mass is 582 g/mol. The predicted molar refractivity (Wildman–Crippen MR) is 148 cm³/mol. The summed E-state index contributed by atoms with van der Waals surface area (Å²) in [5.74, 6) is 0. The smallest absolute Gasteiger partial charge is 0.777 e. The molecule has 1 atom stereocenters. The molecular weight excluding hydrogens is 534 g/mol. The summed E-state index contributed by atoms with van der Waals surface area (Å²) in [6.45, 7) is 4.58. The normalized spacial score (nSPS) is 13.4. The molecule has 1 aromatic carbocycles. The Hall–Kier alpha value is -0.0200. The number of hydrogen-bond acceptors (Lipinski definition) is 7. The van der Waals surface area contributed by atoms with E-state index in [1.165, 1.54) is 89.2 Å². The van der Waals surface area contributed by atoms with E-state index in [0.29, 0.717) is 6.61 Å². The SMILES string of the molecule is CCCCCCCC/C=C\CCCCCCCCOCCOP(=O)([O-])COS(=O)(=O)c1ccc(C)cc1.[Na+]. The molecule has 0 amide bonds. The summed E-state index contributed by atoms with van der Waals surface area (Å²) in [4.78, 5) is 11.8. The largest absolute Gasteiger partial charge is 1.00 e. The minimum Gasteiger partial charge on any atom is -0.777 e. The molecule has 10 heteroatoms. The number of unbranched alkanes of at least 4 members (excludes halogenated alkanes) is 12. The molecule has 0 aliphatic heterocycles. The van der Waals surface area contributed by atoms with Gasteiger partial charge in [-0.2, -0.15) is 8.42 Å². The Kier molecular flexibility index (Phi) is 23.6. The van der Waals surface area contributed by atoms with Crippen molar-refractivity contribution in [2.45, 2.75) is 109 Å². The molecule has 0 saturated carbocycles. The van der Waals surface area contributed by atoms with E-state index >= 15 is 0 Å². The van der Waals surface area contributed by atoms with E-state index in [0.717, 1.165) is 18.4 Å². The fourth-order valence-corrected chi connectivity index (χ4v) is 5.84. The molecule has 0 aromatic heterocycles. The van der Waals surface area contributed by atoms with Crippen LogP contribution in [0, 0.1) is 6.92 Å². The molecule has 1 rings (SSSR count). The number of allylic oxidation sites excluding steroid dienone is 2. The Bertz CT molecular complexity index is 876. The first-order chi connectivity index (χ1) is 17.8. The molecule has 7 nitrogen and oxygen atoms in total. The third-order valence-electron chi connectivity index (χ3n) is 5.99. The van der Waals surface area contributed by atoms with Crippen molar-refractivity contribution in [1.29, 1.82) is 0 Å². The van der Waals surface area contributed by atoms with Gasteiger partial charge in [0, 0.05) is 6.61 Å². The fourth-order valence-electron chi connectivity index (χ4n) is 3.73. The molecule has 38 heavy (non-hydrogen) atoms. The topological polar surface area (TPSA) is 102 Å². The Balaban J connectivity index is 0.0000137. The van der Waals surface area contributed by atoms with Gasteiger partial charge in [-0.3, -0.25) is 4.18 Å². The van der Waals surface area contributed by atoms with Crippen LogP contribution < -0.4 is 34.5 Å². The Morgan fingerprint density at radius 3 is 1.89 bits per heavy atom. The minimum atomic E-state index is -4.45. The zero-order valence-corrected chi connectivity index (χ0v) is 27.6. The molecule has 214 valence electrons. The van der Waals surface area contributed by atoms with Crippen molar-refractivity contribution in [1.82, 2.24) is 0 Å². The zero-order chi connectivity index (χ0) is 27.2. The van der Waals surface area contributed by atoms with Crippen LogP contribution >= 0.6 is 7.60 Å². The molecule has 0 radical (unpaired) electrons. The molecule has 0 N–H and O–H groups in total. The number of hydrogen-bond donors (Lipinski definition) is 0. The molecule has 0 heterocycles. The third-order valence-corrected chi connectivity index (χ3v) is 8.47. The van der Waals surface area contributed by atoms with Crippen LogP contribution in [0.3, 0.4) is 0 Å². The third kappa shape index (κ3) is 20.8. The summed E-state index contributed by atoms with van der Waals surface area (Å²) in [5.41, 5.74) is 0.883. The Labute approximate surface area is 254 Å². The van der Waals surface area contributed by atoms with Crippen molar-refractivity contribution >= 4 is 17.7 Å². The fraction of sp³-hybridized carbons (Fsp3) is 0.714. The predicted octanol–water partition coefficient (Wildman–Crippen LogP) is 4.29. The van der Waals surface area contributed by atoms with Gasteiger partial charge < -0.3 is 18.7 Å². The molecule has 0 aliphatic carbocycles. The van der Waals surface area contributed by atoms with Gasteiger partial charge in [-0.05, 0) is 51.2 Å². The van der Waals surface area contributed by atoms with E-state index in [-0.39, 0.29) is 47.7 Å². The van der Waals surface area contributed by atoms with Gasteiger partial charge in [0.25, 0.3) is 10.1 Å². The molecule has 0 aliphatic rings. The van der Waals surface area contributed by atoms with Gasteiger partial charge >= 0.3 is 29.6 Å². The van der Waals surface area contributed by atoms with E-state index in [9.17, 15) is 17.9 Å². The second-order valence-electron chi connectivity index (χ2n) is 9.51. The number of ether oxygens (including phenoxy) is 1. The van der Waals surface area contributed by atoms with E-state index in [1.54, 1.807) is 12.1 Å². The Morgan fingerprint density at radius 2 is 1.32 bits per heavy atom. The van der Waals surface area contributed by atoms with Crippen LogP contribution in [-0.4, -0.2) is 34.6 Å². The summed E-state index contributed by atoms with van der Waals surface area (Å²) in [6.07, 6.45) is 21.0. The average Bonchev–Trinajstić information content (AvgIpc) is 2.87. The van der Waals surface area contributed by atoms with Crippen molar-refractivity contribution in [3.63, 3.8) is 0 Å². The number of rotatable bonds is 24. The maximum atomic E-state index is 12.1. The molecule has 1 aromatic rings. The van der Waals surface area contributed by atoms with Gasteiger partial charge in [-0.1, -0.05) is 94.6 Å². The van der Waals surface area contributed by atoms with E-state index in [2.05, 4.69) is 23.3 Å². The first-order valence-electron chi connectivity index (χ1n) is 13.9. The standard InChI is InChI=1S/C28H49O7PS.Na/c1-3-4-5-6-7-8-9-10-11-12-13-14-15-16-17-18-23-33-24-25-34-36(29,30)26-35-37(31,32)28-21-19-27(2)20-22-28;/h10-11,19-22H,3-9,12-18,23-26H2,1-2H3,(H,29,30);/q;+1/p-1/b11-10-;. The van der Waals surface area contributed by atoms with Gasteiger partial charge in [0.2, 0.25) is 0 Å². The molecular formula is C28H48NaO7PS. The summed E-state index contributed by atoms with van der Waals surface area (Å²) in [7, 11) is -8.61. The van der Waals surface area contributed by atoms with Gasteiger partial charge in [-0.25, -0.2) is 0 Å². The maximum Gasteiger partial charge on any atom is 1.00 e. The van der Waals surface area contributed by atoms with Crippen LogP contribution in [0.2, 0.25) is 0 Å². The van der Waals surface area contributed by atoms with Crippen LogP contribution in [0.5, 0.6) is 0 Å². The Morgan fingerprint density at radius 1 is 0.789 bits per heavy atom. The summed E-state index contributed by atoms with van der Waals surface area (Å²) >= 11 is 0. The first kappa shape index (κ1) is 38.0. The van der Waals surface area contributed by atoms with Crippen LogP contribution in [0.25, 0.3) is 0 Å². The van der Waals surface area contributed by atoms with Crippen molar-refractivity contribution in [3.05, 3.63) is 42.0 Å². The van der Waals surface area contributed by atoms with Crippen LogP contribution in [-0.2, 0) is 28.1 Å². The average molecular weight is 583 g/mol. The van der Waals surface area contributed by atoms with Crippen molar-refractivity contribution in [2.24, 2.45) is 0 Å². The summed E-state index contributed by atoms with van der Waals surface area (Å²) in [5, 5.41) is 0. The van der Waals surface area contributed by atoms with E-state index in [4.69, 9.17) is 9.26 Å². The first-order valence-corrected chi connectivity index (χ1v) is 17.0. The molecule has 0 bridgehead atoms. The number of aryl methyl sites for hydroxylation is 1. The van der Waals surface area contributed by atoms with Gasteiger partial charge in [0.15, 0.2) is 7.60 Å². The van der Waals surface area contributed by atoms with Crippen LogP contribution in [0.1, 0.15) is 102 Å². The maximum absolute atomic E-state index is 12.1. The molecule has 0 saturated heterocycles. The van der Waals surface area contributed by atoms with Crippen LogP contribution in [0.4, 0.5) is 0 Å². The van der Waals surface area contributed by atoms with Gasteiger partial charge in [0.1, 0.15) is 6.35 Å². The second-order valence-corrected chi connectivity index (χ2v) is 12.9. The van der Waals surface area contributed by atoms with Crippen LogP contribution in [0.15, 0.2) is 41.3 Å². The molecule has 0 spiro atoms. The second kappa shape index (κ2) is 23.7. The zero-order valence-electron chi connectivity index (χ0n) is 23.9. The van der Waals surface area contributed by atoms with Gasteiger partial charge in [0.05, 0.1) is 18.1 Å².